The number of benzene rings is 3. The predicted octanol–water partition coefficient (Wildman–Crippen LogP) is 5.27. The average molecular weight is 469 g/mol. The summed E-state index contributed by atoms with van der Waals surface area (Å²) < 4.78 is 1.57. The molecule has 34 heavy (non-hydrogen) atoms. The number of amides is 1. The average Bonchev–Trinajstić information content (AvgIpc) is 3.28. The van der Waals surface area contributed by atoms with Gasteiger partial charge < -0.3 is 5.32 Å². The summed E-state index contributed by atoms with van der Waals surface area (Å²) in [7, 11) is 0. The molecule has 7 heteroatoms. The van der Waals surface area contributed by atoms with Crippen LogP contribution in [0.15, 0.2) is 89.9 Å². The molecule has 0 spiro atoms. The molecule has 0 atom stereocenters. The molecule has 0 radical (unpaired) electrons. The number of nitrogens with zero attached hydrogens (tertiary/aromatic N) is 2. The minimum absolute atomic E-state index is 0.0803. The zero-order chi connectivity index (χ0) is 23.7. The normalized spacial score (nSPS) is 11.0. The molecule has 0 fully saturated rings. The number of aromatic amines is 1. The standard InChI is InChI=1S/C27H21ClN4O2/c1-17-6-5-13-32(27(17)34)20-10-12-21(23(28)15-20)19-9-11-22-24(14-19)30-31-25(22)26(33)29-16-18-7-3-2-4-8-18/h2-15H,16H2,1H3,(H,29,33)(H,30,31). The zero-order valence-electron chi connectivity index (χ0n) is 18.4. The van der Waals surface area contributed by atoms with Crippen LogP contribution in [0.4, 0.5) is 0 Å². The Balaban J connectivity index is 1.41. The van der Waals surface area contributed by atoms with Gasteiger partial charge >= 0.3 is 0 Å². The fourth-order valence-electron chi connectivity index (χ4n) is 3.92. The molecule has 0 unspecified atom stereocenters. The second-order valence-corrected chi connectivity index (χ2v) is 8.44. The van der Waals surface area contributed by atoms with E-state index in [1.165, 1.54) is 0 Å². The van der Waals surface area contributed by atoms with Crippen LogP contribution >= 0.6 is 11.6 Å². The lowest BCUT2D eigenvalue weighted by atomic mass is 10.0. The second kappa shape index (κ2) is 9.00. The Morgan fingerprint density at radius 1 is 1.03 bits per heavy atom. The van der Waals surface area contributed by atoms with E-state index in [4.69, 9.17) is 11.6 Å². The number of aryl methyl sites for hydroxylation is 1. The number of rotatable bonds is 5. The number of H-pyrrole nitrogens is 1. The van der Waals surface area contributed by atoms with Crippen LogP contribution in [0, 0.1) is 6.92 Å². The van der Waals surface area contributed by atoms with Crippen molar-refractivity contribution in [1.82, 2.24) is 20.1 Å². The van der Waals surface area contributed by atoms with Crippen LogP contribution in [0.2, 0.25) is 5.02 Å². The van der Waals surface area contributed by atoms with Gasteiger partial charge in [0.05, 0.1) is 16.2 Å². The molecule has 0 aliphatic carbocycles. The highest BCUT2D eigenvalue weighted by Gasteiger charge is 2.15. The SMILES string of the molecule is Cc1cccn(-c2ccc(-c3ccc4c(C(=O)NCc5ccccc5)n[nH]c4c3)c(Cl)c2)c1=O. The van der Waals surface area contributed by atoms with Gasteiger partial charge in [0.15, 0.2) is 5.69 Å². The minimum atomic E-state index is -0.242. The fraction of sp³-hybridized carbons (Fsp3) is 0.0741. The molecule has 1 amide bonds. The van der Waals surface area contributed by atoms with Gasteiger partial charge in [-0.05, 0) is 48.4 Å². The molecule has 2 N–H and O–H groups in total. The van der Waals surface area contributed by atoms with E-state index in [2.05, 4.69) is 15.5 Å². The number of aromatic nitrogens is 3. The molecule has 6 nitrogen and oxygen atoms in total. The molecular weight excluding hydrogens is 448 g/mol. The van der Waals surface area contributed by atoms with Crippen molar-refractivity contribution in [3.8, 4) is 16.8 Å². The van der Waals surface area contributed by atoms with Gasteiger partial charge in [0, 0.05) is 29.3 Å². The maximum atomic E-state index is 12.7. The third kappa shape index (κ3) is 4.11. The van der Waals surface area contributed by atoms with Crippen molar-refractivity contribution in [3.63, 3.8) is 0 Å². The van der Waals surface area contributed by atoms with E-state index in [-0.39, 0.29) is 11.5 Å². The topological polar surface area (TPSA) is 79.8 Å². The van der Waals surface area contributed by atoms with Gasteiger partial charge in [-0.1, -0.05) is 60.1 Å². The van der Waals surface area contributed by atoms with E-state index in [0.717, 1.165) is 27.6 Å². The fourth-order valence-corrected chi connectivity index (χ4v) is 4.20. The monoisotopic (exact) mass is 468 g/mol. The Morgan fingerprint density at radius 3 is 2.65 bits per heavy atom. The third-order valence-corrected chi connectivity index (χ3v) is 6.07. The molecule has 0 saturated carbocycles. The first-order valence-electron chi connectivity index (χ1n) is 10.8. The Kier molecular flexibility index (Phi) is 5.74. The lowest BCUT2D eigenvalue weighted by Gasteiger charge is -2.10. The van der Waals surface area contributed by atoms with Gasteiger partial charge in [-0.25, -0.2) is 0 Å². The number of halogens is 1. The molecule has 2 heterocycles. The summed E-state index contributed by atoms with van der Waals surface area (Å²) in [5, 5.41) is 11.3. The molecule has 5 aromatic rings. The van der Waals surface area contributed by atoms with E-state index >= 15 is 0 Å². The number of nitrogens with one attached hydrogen (secondary N) is 2. The smallest absolute Gasteiger partial charge is 0.272 e. The summed E-state index contributed by atoms with van der Waals surface area (Å²) in [5.74, 6) is -0.242. The molecule has 168 valence electrons. The minimum Gasteiger partial charge on any atom is -0.347 e. The number of carbonyl (C=O) groups excluding carboxylic acids is 1. The summed E-state index contributed by atoms with van der Waals surface area (Å²) >= 11 is 6.61. The number of carbonyl (C=O) groups is 1. The van der Waals surface area contributed by atoms with Crippen molar-refractivity contribution >= 4 is 28.4 Å². The summed E-state index contributed by atoms with van der Waals surface area (Å²) in [6.07, 6.45) is 1.72. The lowest BCUT2D eigenvalue weighted by molar-refractivity contribution is 0.0947. The molecule has 2 aromatic heterocycles. The number of hydrogen-bond donors (Lipinski definition) is 2. The number of hydrogen-bond acceptors (Lipinski definition) is 3. The molecule has 3 aromatic carbocycles. The molecular formula is C27H21ClN4O2. The number of pyridine rings is 1. The van der Waals surface area contributed by atoms with Crippen LogP contribution < -0.4 is 10.9 Å². The van der Waals surface area contributed by atoms with Crippen LogP contribution in [0.3, 0.4) is 0 Å². The summed E-state index contributed by atoms with van der Waals surface area (Å²) in [5.41, 5.74) is 5.07. The maximum Gasteiger partial charge on any atom is 0.272 e. The van der Waals surface area contributed by atoms with Gasteiger partial charge in [-0.2, -0.15) is 5.10 Å². The second-order valence-electron chi connectivity index (χ2n) is 8.03. The molecule has 0 bridgehead atoms. The van der Waals surface area contributed by atoms with E-state index < -0.39 is 0 Å². The first-order valence-corrected chi connectivity index (χ1v) is 11.2. The zero-order valence-corrected chi connectivity index (χ0v) is 19.1. The Labute approximate surface area is 200 Å². The van der Waals surface area contributed by atoms with Crippen molar-refractivity contribution in [2.45, 2.75) is 13.5 Å². The van der Waals surface area contributed by atoms with Crippen LogP contribution in [0.5, 0.6) is 0 Å². The van der Waals surface area contributed by atoms with Gasteiger partial charge in [0.2, 0.25) is 0 Å². The summed E-state index contributed by atoms with van der Waals surface area (Å²) in [4.78, 5) is 25.1. The van der Waals surface area contributed by atoms with Gasteiger partial charge in [-0.3, -0.25) is 19.3 Å². The van der Waals surface area contributed by atoms with Crippen LogP contribution in [-0.2, 0) is 6.54 Å². The molecule has 0 aliphatic heterocycles. The first-order chi connectivity index (χ1) is 16.5. The largest absolute Gasteiger partial charge is 0.347 e. The van der Waals surface area contributed by atoms with E-state index in [1.54, 1.807) is 29.8 Å². The Morgan fingerprint density at radius 2 is 1.85 bits per heavy atom. The predicted molar refractivity (Wildman–Crippen MR) is 134 cm³/mol. The van der Waals surface area contributed by atoms with E-state index in [1.807, 2.05) is 66.7 Å². The van der Waals surface area contributed by atoms with Gasteiger partial charge in [-0.15, -0.1) is 0 Å². The summed E-state index contributed by atoms with van der Waals surface area (Å²) in [6, 6.07) is 24.5. The van der Waals surface area contributed by atoms with Crippen molar-refractivity contribution in [2.24, 2.45) is 0 Å². The van der Waals surface area contributed by atoms with Gasteiger partial charge in [0.1, 0.15) is 0 Å². The van der Waals surface area contributed by atoms with E-state index in [9.17, 15) is 9.59 Å². The maximum absolute atomic E-state index is 12.7. The van der Waals surface area contributed by atoms with Crippen LogP contribution in [0.25, 0.3) is 27.7 Å². The Hall–Kier alpha value is -4.16. The summed E-state index contributed by atoms with van der Waals surface area (Å²) in [6.45, 7) is 2.21. The van der Waals surface area contributed by atoms with Crippen LogP contribution in [-0.4, -0.2) is 20.7 Å². The van der Waals surface area contributed by atoms with Gasteiger partial charge in [0.25, 0.3) is 11.5 Å². The van der Waals surface area contributed by atoms with Crippen molar-refractivity contribution in [3.05, 3.63) is 117 Å². The Bertz CT molecular complexity index is 1570. The van der Waals surface area contributed by atoms with Crippen molar-refractivity contribution < 1.29 is 4.79 Å². The molecule has 5 rings (SSSR count). The quantitative estimate of drug-likeness (QED) is 0.368. The third-order valence-electron chi connectivity index (χ3n) is 5.75. The highest BCUT2D eigenvalue weighted by molar-refractivity contribution is 6.33. The van der Waals surface area contributed by atoms with E-state index in [0.29, 0.717) is 28.5 Å². The molecule has 0 aliphatic rings. The van der Waals surface area contributed by atoms with Crippen molar-refractivity contribution in [1.29, 1.82) is 0 Å². The highest BCUT2D eigenvalue weighted by atomic mass is 35.5. The van der Waals surface area contributed by atoms with Crippen molar-refractivity contribution in [2.75, 3.05) is 0 Å². The lowest BCUT2D eigenvalue weighted by Crippen LogP contribution is -2.23. The highest BCUT2D eigenvalue weighted by Crippen LogP contribution is 2.32. The first kappa shape index (κ1) is 21.7. The van der Waals surface area contributed by atoms with Crippen LogP contribution in [0.1, 0.15) is 21.6 Å². The number of fused-ring (bicyclic) bond motifs is 1. The molecule has 0 saturated heterocycles.